The van der Waals surface area contributed by atoms with Gasteiger partial charge in [-0.05, 0) is 48.4 Å². The number of rotatable bonds is 5. The fourth-order valence-corrected chi connectivity index (χ4v) is 2.27. The summed E-state index contributed by atoms with van der Waals surface area (Å²) >= 11 is 5.83. The molecular formula is C18H17ClO3. The number of methoxy groups -OCH3 is 2. The average Bonchev–Trinajstić information content (AvgIpc) is 2.53. The van der Waals surface area contributed by atoms with Crippen molar-refractivity contribution in [2.24, 2.45) is 0 Å². The zero-order valence-electron chi connectivity index (χ0n) is 12.7. The number of ether oxygens (including phenoxy) is 2. The highest BCUT2D eigenvalue weighted by Crippen LogP contribution is 2.32. The Balaban J connectivity index is 2.26. The van der Waals surface area contributed by atoms with Gasteiger partial charge in [0.25, 0.3) is 0 Å². The van der Waals surface area contributed by atoms with Gasteiger partial charge >= 0.3 is 0 Å². The minimum absolute atomic E-state index is 0.0981. The lowest BCUT2D eigenvalue weighted by atomic mass is 10.0. The van der Waals surface area contributed by atoms with E-state index in [0.29, 0.717) is 22.1 Å². The van der Waals surface area contributed by atoms with E-state index in [9.17, 15) is 4.79 Å². The number of hydrogen-bond donors (Lipinski definition) is 0. The van der Waals surface area contributed by atoms with Crippen molar-refractivity contribution in [2.75, 3.05) is 14.2 Å². The van der Waals surface area contributed by atoms with E-state index in [1.807, 2.05) is 19.1 Å². The maximum Gasteiger partial charge on any atom is 0.186 e. The molecule has 0 bridgehead atoms. The van der Waals surface area contributed by atoms with Crippen LogP contribution in [0.4, 0.5) is 0 Å². The van der Waals surface area contributed by atoms with E-state index in [1.54, 1.807) is 44.6 Å². The molecule has 0 aromatic heterocycles. The van der Waals surface area contributed by atoms with Crippen molar-refractivity contribution in [1.82, 2.24) is 0 Å². The minimum atomic E-state index is -0.0981. The lowest BCUT2D eigenvalue weighted by Crippen LogP contribution is -1.99. The van der Waals surface area contributed by atoms with Crippen molar-refractivity contribution in [3.8, 4) is 11.5 Å². The lowest BCUT2D eigenvalue weighted by molar-refractivity contribution is 0.104. The van der Waals surface area contributed by atoms with E-state index in [-0.39, 0.29) is 5.78 Å². The first-order valence-electron chi connectivity index (χ1n) is 6.75. The quantitative estimate of drug-likeness (QED) is 0.599. The number of benzene rings is 2. The molecule has 0 aliphatic carbocycles. The molecule has 114 valence electrons. The van der Waals surface area contributed by atoms with Gasteiger partial charge in [0.05, 0.1) is 14.2 Å². The van der Waals surface area contributed by atoms with Gasteiger partial charge in [-0.3, -0.25) is 4.79 Å². The summed E-state index contributed by atoms with van der Waals surface area (Å²) in [7, 11) is 3.13. The molecule has 0 unspecified atom stereocenters. The average molecular weight is 317 g/mol. The standard InChI is InChI=1S/C18H17ClO3/c1-12-10-14(11-17(21-2)18(12)22-3)16(20)9-6-13-4-7-15(19)8-5-13/h4-11H,1-3H3/b9-6+. The van der Waals surface area contributed by atoms with Crippen LogP contribution in [-0.4, -0.2) is 20.0 Å². The SMILES string of the molecule is COc1cc(C(=O)/C=C/c2ccc(Cl)cc2)cc(C)c1OC. The second-order valence-corrected chi connectivity index (χ2v) is 5.21. The number of allylic oxidation sites excluding steroid dienone is 1. The Hall–Kier alpha value is -2.26. The molecule has 0 aliphatic heterocycles. The van der Waals surface area contributed by atoms with Crippen LogP contribution in [0.15, 0.2) is 42.5 Å². The summed E-state index contributed by atoms with van der Waals surface area (Å²) in [6.07, 6.45) is 3.29. The molecular weight excluding hydrogens is 300 g/mol. The van der Waals surface area contributed by atoms with Crippen LogP contribution >= 0.6 is 11.6 Å². The number of halogens is 1. The molecule has 0 amide bonds. The first-order valence-corrected chi connectivity index (χ1v) is 7.13. The van der Waals surface area contributed by atoms with Crippen LogP contribution < -0.4 is 9.47 Å². The molecule has 0 saturated heterocycles. The summed E-state index contributed by atoms with van der Waals surface area (Å²) in [5.41, 5.74) is 2.32. The second kappa shape index (κ2) is 7.14. The summed E-state index contributed by atoms with van der Waals surface area (Å²) in [5, 5.41) is 0.666. The number of ketones is 1. The van der Waals surface area contributed by atoms with Crippen LogP contribution in [0.2, 0.25) is 5.02 Å². The van der Waals surface area contributed by atoms with E-state index in [0.717, 1.165) is 11.1 Å². The molecule has 0 saturated carbocycles. The number of carbonyl (C=O) groups excluding carboxylic acids is 1. The second-order valence-electron chi connectivity index (χ2n) is 4.78. The van der Waals surface area contributed by atoms with Gasteiger partial charge < -0.3 is 9.47 Å². The summed E-state index contributed by atoms with van der Waals surface area (Å²) in [6.45, 7) is 1.88. The molecule has 0 heterocycles. The Morgan fingerprint density at radius 3 is 2.36 bits per heavy atom. The first-order chi connectivity index (χ1) is 10.5. The van der Waals surface area contributed by atoms with Crippen LogP contribution in [0, 0.1) is 6.92 Å². The fourth-order valence-electron chi connectivity index (χ4n) is 2.14. The van der Waals surface area contributed by atoms with Crippen LogP contribution in [0.3, 0.4) is 0 Å². The lowest BCUT2D eigenvalue weighted by Gasteiger charge is -2.11. The molecule has 3 nitrogen and oxygen atoms in total. The Morgan fingerprint density at radius 2 is 1.77 bits per heavy atom. The van der Waals surface area contributed by atoms with Crippen molar-refractivity contribution in [3.63, 3.8) is 0 Å². The molecule has 0 fully saturated rings. The molecule has 0 N–H and O–H groups in total. The van der Waals surface area contributed by atoms with Gasteiger partial charge in [0.15, 0.2) is 17.3 Å². The van der Waals surface area contributed by atoms with Crippen LogP contribution in [0.25, 0.3) is 6.08 Å². The fraction of sp³-hybridized carbons (Fsp3) is 0.167. The molecule has 4 heteroatoms. The van der Waals surface area contributed by atoms with Crippen molar-refractivity contribution in [3.05, 3.63) is 64.2 Å². The van der Waals surface area contributed by atoms with E-state index < -0.39 is 0 Å². The highest BCUT2D eigenvalue weighted by Gasteiger charge is 2.12. The third-order valence-corrected chi connectivity index (χ3v) is 3.50. The molecule has 0 spiro atoms. The van der Waals surface area contributed by atoms with Crippen LogP contribution in [0.1, 0.15) is 21.5 Å². The minimum Gasteiger partial charge on any atom is -0.493 e. The largest absolute Gasteiger partial charge is 0.493 e. The van der Waals surface area contributed by atoms with Gasteiger partial charge in [-0.1, -0.05) is 29.8 Å². The zero-order chi connectivity index (χ0) is 16.1. The predicted octanol–water partition coefficient (Wildman–Crippen LogP) is 4.56. The van der Waals surface area contributed by atoms with Gasteiger partial charge in [0.1, 0.15) is 0 Å². The molecule has 2 rings (SSSR count). The molecule has 0 radical (unpaired) electrons. The predicted molar refractivity (Wildman–Crippen MR) is 89.1 cm³/mol. The normalized spacial score (nSPS) is 10.7. The summed E-state index contributed by atoms with van der Waals surface area (Å²) < 4.78 is 10.5. The van der Waals surface area contributed by atoms with E-state index in [2.05, 4.69) is 0 Å². The maximum absolute atomic E-state index is 12.3. The van der Waals surface area contributed by atoms with Crippen molar-refractivity contribution in [2.45, 2.75) is 6.92 Å². The highest BCUT2D eigenvalue weighted by atomic mass is 35.5. The van der Waals surface area contributed by atoms with Crippen molar-refractivity contribution in [1.29, 1.82) is 0 Å². The van der Waals surface area contributed by atoms with E-state index in [4.69, 9.17) is 21.1 Å². The van der Waals surface area contributed by atoms with Crippen molar-refractivity contribution >= 4 is 23.5 Å². The Morgan fingerprint density at radius 1 is 1.09 bits per heavy atom. The number of hydrogen-bond acceptors (Lipinski definition) is 3. The van der Waals surface area contributed by atoms with Gasteiger partial charge in [-0.15, -0.1) is 0 Å². The Labute approximate surface area is 135 Å². The monoisotopic (exact) mass is 316 g/mol. The topological polar surface area (TPSA) is 35.5 Å². The molecule has 0 aliphatic rings. The van der Waals surface area contributed by atoms with Crippen molar-refractivity contribution < 1.29 is 14.3 Å². The smallest absolute Gasteiger partial charge is 0.186 e. The molecule has 22 heavy (non-hydrogen) atoms. The third-order valence-electron chi connectivity index (χ3n) is 3.25. The summed E-state index contributed by atoms with van der Waals surface area (Å²) in [5.74, 6) is 1.09. The van der Waals surface area contributed by atoms with E-state index >= 15 is 0 Å². The number of carbonyl (C=O) groups is 1. The molecule has 0 atom stereocenters. The first kappa shape index (κ1) is 16.1. The Bertz CT molecular complexity index is 703. The highest BCUT2D eigenvalue weighted by molar-refractivity contribution is 6.30. The van der Waals surface area contributed by atoms with Gasteiger partial charge in [-0.2, -0.15) is 0 Å². The molecule has 2 aromatic rings. The van der Waals surface area contributed by atoms with Gasteiger partial charge in [-0.25, -0.2) is 0 Å². The number of aryl methyl sites for hydroxylation is 1. The maximum atomic E-state index is 12.3. The van der Waals surface area contributed by atoms with Gasteiger partial charge in [0, 0.05) is 10.6 Å². The van der Waals surface area contributed by atoms with Gasteiger partial charge in [0.2, 0.25) is 0 Å². The van der Waals surface area contributed by atoms with Crippen LogP contribution in [0.5, 0.6) is 11.5 Å². The van der Waals surface area contributed by atoms with Crippen LogP contribution in [-0.2, 0) is 0 Å². The third kappa shape index (κ3) is 3.68. The summed E-state index contributed by atoms with van der Waals surface area (Å²) in [6, 6.07) is 10.7. The zero-order valence-corrected chi connectivity index (χ0v) is 13.5. The Kier molecular flexibility index (Phi) is 5.23. The molecule has 2 aromatic carbocycles. The van der Waals surface area contributed by atoms with E-state index in [1.165, 1.54) is 6.08 Å². The summed E-state index contributed by atoms with van der Waals surface area (Å²) in [4.78, 5) is 12.3.